The Kier molecular flexibility index (Phi) is 3.67. The summed E-state index contributed by atoms with van der Waals surface area (Å²) in [4.78, 5) is 0.943. The lowest BCUT2D eigenvalue weighted by atomic mass is 10.2. The summed E-state index contributed by atoms with van der Waals surface area (Å²) in [6, 6.07) is -0.219. The molecule has 0 aliphatic carbocycles. The molecule has 0 amide bonds. The van der Waals surface area contributed by atoms with Gasteiger partial charge in [-0.2, -0.15) is 5.10 Å². The highest BCUT2D eigenvalue weighted by atomic mass is 79.9. The van der Waals surface area contributed by atoms with Crippen LogP contribution in [0.25, 0.3) is 0 Å². The zero-order chi connectivity index (χ0) is 11.5. The van der Waals surface area contributed by atoms with Crippen molar-refractivity contribution >= 4 is 27.5 Å². The van der Waals surface area contributed by atoms with E-state index in [1.165, 1.54) is 11.5 Å². The predicted molar refractivity (Wildman–Crippen MR) is 66.2 cm³/mol. The summed E-state index contributed by atoms with van der Waals surface area (Å²) in [6.45, 7) is 2.97. The largest absolute Gasteiger partial charge is 0.318 e. The fourth-order valence-electron chi connectivity index (χ4n) is 1.52. The van der Waals surface area contributed by atoms with Gasteiger partial charge < -0.3 is 5.73 Å². The molecule has 0 saturated carbocycles. The standard InChI is InChI=1S/C9H12BrN5S/c1-2-3-15-9(6(10)4-13-15)8(11)7-5-12-14-16-7/h4-5,8H,2-3,11H2,1H3. The number of hydrogen-bond acceptors (Lipinski definition) is 5. The van der Waals surface area contributed by atoms with E-state index in [-0.39, 0.29) is 6.04 Å². The van der Waals surface area contributed by atoms with E-state index >= 15 is 0 Å². The first-order valence-corrected chi connectivity index (χ1v) is 6.54. The summed E-state index contributed by atoms with van der Waals surface area (Å²) in [7, 11) is 0. The average Bonchev–Trinajstić information content (AvgIpc) is 2.88. The van der Waals surface area contributed by atoms with Crippen LogP contribution in [0.5, 0.6) is 0 Å². The van der Waals surface area contributed by atoms with Gasteiger partial charge in [0.1, 0.15) is 0 Å². The lowest BCUT2D eigenvalue weighted by Gasteiger charge is -2.12. The molecule has 2 heterocycles. The summed E-state index contributed by atoms with van der Waals surface area (Å²) in [5.41, 5.74) is 7.16. The Morgan fingerprint density at radius 3 is 3.00 bits per heavy atom. The molecule has 86 valence electrons. The maximum atomic E-state index is 6.18. The smallest absolute Gasteiger partial charge is 0.0860 e. The van der Waals surface area contributed by atoms with E-state index < -0.39 is 0 Å². The Labute approximate surface area is 106 Å². The van der Waals surface area contributed by atoms with Gasteiger partial charge in [0.2, 0.25) is 0 Å². The maximum Gasteiger partial charge on any atom is 0.0860 e. The number of hydrogen-bond donors (Lipinski definition) is 1. The molecule has 2 rings (SSSR count). The first-order valence-electron chi connectivity index (χ1n) is 4.98. The van der Waals surface area contributed by atoms with Crippen molar-refractivity contribution in [1.29, 1.82) is 0 Å². The first-order chi connectivity index (χ1) is 7.74. The van der Waals surface area contributed by atoms with E-state index in [4.69, 9.17) is 5.73 Å². The van der Waals surface area contributed by atoms with Crippen molar-refractivity contribution in [1.82, 2.24) is 19.4 Å². The summed E-state index contributed by atoms with van der Waals surface area (Å²) in [6.07, 6.45) is 4.50. The fourth-order valence-corrected chi connectivity index (χ4v) is 2.57. The third-order valence-corrected chi connectivity index (χ3v) is 3.61. The molecule has 5 nitrogen and oxygen atoms in total. The third kappa shape index (κ3) is 2.16. The van der Waals surface area contributed by atoms with Gasteiger partial charge >= 0.3 is 0 Å². The Bertz CT molecular complexity index is 452. The Morgan fingerprint density at radius 2 is 2.38 bits per heavy atom. The molecule has 0 radical (unpaired) electrons. The molecule has 0 spiro atoms. The van der Waals surface area contributed by atoms with Crippen molar-refractivity contribution < 1.29 is 0 Å². The first kappa shape index (κ1) is 11.7. The highest BCUT2D eigenvalue weighted by Gasteiger charge is 2.19. The minimum atomic E-state index is -0.219. The SMILES string of the molecule is CCCn1ncc(Br)c1C(N)c1cnns1. The summed E-state index contributed by atoms with van der Waals surface area (Å²) in [5.74, 6) is 0. The predicted octanol–water partition coefficient (Wildman–Crippen LogP) is 1.96. The Hall–Kier alpha value is -0.790. The number of rotatable bonds is 4. The molecule has 0 fully saturated rings. The lowest BCUT2D eigenvalue weighted by Crippen LogP contribution is -2.17. The van der Waals surface area contributed by atoms with Gasteiger partial charge in [-0.25, -0.2) is 0 Å². The number of halogens is 1. The van der Waals surface area contributed by atoms with Crippen LogP contribution in [0.4, 0.5) is 0 Å². The zero-order valence-corrected chi connectivity index (χ0v) is 11.2. The summed E-state index contributed by atoms with van der Waals surface area (Å²) < 4.78 is 6.68. The van der Waals surface area contributed by atoms with Crippen LogP contribution >= 0.6 is 27.5 Å². The molecule has 0 aromatic carbocycles. The van der Waals surface area contributed by atoms with E-state index in [0.717, 1.165) is 28.0 Å². The van der Waals surface area contributed by atoms with Crippen LogP contribution in [-0.4, -0.2) is 19.4 Å². The van der Waals surface area contributed by atoms with Gasteiger partial charge in [0.05, 0.1) is 33.5 Å². The number of nitrogens with zero attached hydrogens (tertiary/aromatic N) is 4. The van der Waals surface area contributed by atoms with Crippen molar-refractivity contribution in [3.8, 4) is 0 Å². The second-order valence-corrected chi connectivity index (χ2v) is 5.07. The minimum Gasteiger partial charge on any atom is -0.318 e. The highest BCUT2D eigenvalue weighted by molar-refractivity contribution is 9.10. The van der Waals surface area contributed by atoms with Crippen LogP contribution in [0.3, 0.4) is 0 Å². The molecule has 0 aliphatic heterocycles. The van der Waals surface area contributed by atoms with Crippen LogP contribution in [0.15, 0.2) is 16.9 Å². The van der Waals surface area contributed by atoms with E-state index in [0.29, 0.717) is 0 Å². The normalized spacial score (nSPS) is 12.9. The highest BCUT2D eigenvalue weighted by Crippen LogP contribution is 2.27. The Morgan fingerprint density at radius 1 is 1.56 bits per heavy atom. The molecule has 1 unspecified atom stereocenters. The van der Waals surface area contributed by atoms with Crippen molar-refractivity contribution in [3.63, 3.8) is 0 Å². The van der Waals surface area contributed by atoms with Crippen LogP contribution < -0.4 is 5.73 Å². The van der Waals surface area contributed by atoms with E-state index in [1.807, 2.05) is 4.68 Å². The second-order valence-electron chi connectivity index (χ2n) is 3.40. The van der Waals surface area contributed by atoms with E-state index in [2.05, 4.69) is 37.5 Å². The van der Waals surface area contributed by atoms with Crippen molar-refractivity contribution in [2.75, 3.05) is 0 Å². The van der Waals surface area contributed by atoms with Gasteiger partial charge in [0.25, 0.3) is 0 Å². The minimum absolute atomic E-state index is 0.219. The van der Waals surface area contributed by atoms with Gasteiger partial charge in [0.15, 0.2) is 0 Å². The van der Waals surface area contributed by atoms with E-state index in [9.17, 15) is 0 Å². The number of nitrogens with two attached hydrogens (primary N) is 1. The molecule has 0 bridgehead atoms. The topological polar surface area (TPSA) is 69.6 Å². The van der Waals surface area contributed by atoms with Gasteiger partial charge in [-0.3, -0.25) is 4.68 Å². The molecule has 0 aliphatic rings. The van der Waals surface area contributed by atoms with Gasteiger partial charge in [-0.1, -0.05) is 11.4 Å². The molecular weight excluding hydrogens is 290 g/mol. The van der Waals surface area contributed by atoms with Gasteiger partial charge in [0, 0.05) is 6.54 Å². The summed E-state index contributed by atoms with van der Waals surface area (Å²) >= 11 is 4.79. The third-order valence-electron chi connectivity index (χ3n) is 2.25. The molecule has 0 saturated heterocycles. The molecule has 7 heteroatoms. The van der Waals surface area contributed by atoms with Crippen molar-refractivity contribution in [2.45, 2.75) is 25.9 Å². The van der Waals surface area contributed by atoms with Crippen molar-refractivity contribution in [3.05, 3.63) is 27.4 Å². The van der Waals surface area contributed by atoms with Crippen LogP contribution in [0.1, 0.15) is 30.0 Å². The quantitative estimate of drug-likeness (QED) is 0.937. The molecule has 1 atom stereocenters. The maximum absolute atomic E-state index is 6.18. The monoisotopic (exact) mass is 301 g/mol. The second kappa shape index (κ2) is 5.03. The zero-order valence-electron chi connectivity index (χ0n) is 8.80. The average molecular weight is 302 g/mol. The number of aryl methyl sites for hydroxylation is 1. The van der Waals surface area contributed by atoms with Crippen LogP contribution in [0, 0.1) is 0 Å². The van der Waals surface area contributed by atoms with Crippen LogP contribution in [-0.2, 0) is 6.54 Å². The summed E-state index contributed by atoms with van der Waals surface area (Å²) in [5, 5.41) is 8.09. The van der Waals surface area contributed by atoms with Gasteiger partial charge in [-0.15, -0.1) is 5.10 Å². The molecule has 16 heavy (non-hydrogen) atoms. The van der Waals surface area contributed by atoms with E-state index in [1.54, 1.807) is 12.4 Å². The fraction of sp³-hybridized carbons (Fsp3) is 0.444. The molecule has 2 aromatic heterocycles. The molecular formula is C9H12BrN5S. The molecule has 2 N–H and O–H groups in total. The Balaban J connectivity index is 2.35. The van der Waals surface area contributed by atoms with Crippen LogP contribution in [0.2, 0.25) is 0 Å². The van der Waals surface area contributed by atoms with Gasteiger partial charge in [-0.05, 0) is 33.9 Å². The number of aromatic nitrogens is 4. The molecule has 2 aromatic rings. The van der Waals surface area contributed by atoms with Crippen molar-refractivity contribution in [2.24, 2.45) is 5.73 Å². The lowest BCUT2D eigenvalue weighted by molar-refractivity contribution is 0.560.